The first-order valence-electron chi connectivity index (χ1n) is 7.86. The van der Waals surface area contributed by atoms with Crippen LogP contribution in [0.4, 0.5) is 0 Å². The monoisotopic (exact) mass is 358 g/mol. The van der Waals surface area contributed by atoms with Gasteiger partial charge in [0.05, 0.1) is 7.11 Å². The van der Waals surface area contributed by atoms with Crippen LogP contribution in [0.3, 0.4) is 0 Å². The van der Waals surface area contributed by atoms with Crippen LogP contribution in [0.15, 0.2) is 48.5 Å². The third-order valence-corrected chi connectivity index (χ3v) is 3.80. The molecule has 0 amide bonds. The first kappa shape index (κ1) is 19.0. The van der Waals surface area contributed by atoms with Gasteiger partial charge >= 0.3 is 0 Å². The lowest BCUT2D eigenvalue weighted by Crippen LogP contribution is -2.10. The van der Waals surface area contributed by atoms with Gasteiger partial charge in [-0.15, -0.1) is 12.4 Å². The quantitative estimate of drug-likeness (QED) is 0.698. The normalized spacial score (nSPS) is 10.6. The lowest BCUT2D eigenvalue weighted by molar-refractivity contribution is 0.402. The molecule has 3 rings (SSSR count). The molecule has 0 saturated heterocycles. The number of methoxy groups -OCH3 is 1. The van der Waals surface area contributed by atoms with Crippen LogP contribution in [0.2, 0.25) is 0 Å². The Hall–Kier alpha value is -2.37. The van der Waals surface area contributed by atoms with Crippen molar-refractivity contribution in [2.45, 2.75) is 6.54 Å². The molecule has 0 unspecified atom stereocenters. The Kier molecular flexibility index (Phi) is 6.17. The van der Waals surface area contributed by atoms with Gasteiger partial charge in [0, 0.05) is 24.7 Å². The highest BCUT2D eigenvalue weighted by atomic mass is 35.5. The Labute approximate surface area is 154 Å². The van der Waals surface area contributed by atoms with Gasteiger partial charge in [0.2, 0.25) is 0 Å². The largest absolute Gasteiger partial charge is 0.497 e. The number of aryl methyl sites for hydroxylation is 1. The van der Waals surface area contributed by atoms with Crippen molar-refractivity contribution in [2.75, 3.05) is 21.2 Å². The van der Waals surface area contributed by atoms with Crippen molar-refractivity contribution in [3.05, 3.63) is 54.1 Å². The van der Waals surface area contributed by atoms with Crippen LogP contribution >= 0.6 is 12.4 Å². The van der Waals surface area contributed by atoms with Gasteiger partial charge in [-0.1, -0.05) is 18.2 Å². The van der Waals surface area contributed by atoms with Crippen LogP contribution in [0.25, 0.3) is 22.8 Å². The Morgan fingerprint density at radius 3 is 2.40 bits per heavy atom. The summed E-state index contributed by atoms with van der Waals surface area (Å²) in [4.78, 5) is 6.87. The van der Waals surface area contributed by atoms with Crippen LogP contribution in [0.1, 0.15) is 5.56 Å². The lowest BCUT2D eigenvalue weighted by Gasteiger charge is -2.10. The first-order chi connectivity index (χ1) is 11.6. The van der Waals surface area contributed by atoms with Crippen molar-refractivity contribution in [3.8, 4) is 28.5 Å². The summed E-state index contributed by atoms with van der Waals surface area (Å²) in [5.74, 6) is 2.40. The molecular formula is C19H23ClN4O. The summed E-state index contributed by atoms with van der Waals surface area (Å²) in [5, 5.41) is 4.56. The van der Waals surface area contributed by atoms with Crippen molar-refractivity contribution in [2.24, 2.45) is 7.05 Å². The minimum Gasteiger partial charge on any atom is -0.497 e. The van der Waals surface area contributed by atoms with Crippen molar-refractivity contribution in [1.82, 2.24) is 19.7 Å². The van der Waals surface area contributed by atoms with Crippen LogP contribution in [-0.2, 0) is 13.6 Å². The molecule has 2 aromatic carbocycles. The summed E-state index contributed by atoms with van der Waals surface area (Å²) in [6.45, 7) is 0.900. The van der Waals surface area contributed by atoms with Gasteiger partial charge in [-0.3, -0.25) is 0 Å². The minimum absolute atomic E-state index is 0. The van der Waals surface area contributed by atoms with E-state index in [0.29, 0.717) is 5.82 Å². The van der Waals surface area contributed by atoms with Crippen molar-refractivity contribution >= 4 is 12.4 Å². The van der Waals surface area contributed by atoms with E-state index in [4.69, 9.17) is 9.72 Å². The average Bonchev–Trinajstić information content (AvgIpc) is 2.96. The van der Waals surface area contributed by atoms with E-state index in [1.165, 1.54) is 5.56 Å². The molecule has 3 aromatic rings. The zero-order chi connectivity index (χ0) is 17.1. The van der Waals surface area contributed by atoms with Crippen LogP contribution in [-0.4, -0.2) is 40.9 Å². The molecule has 0 aliphatic rings. The van der Waals surface area contributed by atoms with Crippen LogP contribution < -0.4 is 4.74 Å². The Morgan fingerprint density at radius 1 is 1.04 bits per heavy atom. The SMILES string of the molecule is COc1ccc(-c2nc(-c3cccc(CN(C)C)c3)n(C)n2)cc1.Cl. The van der Waals surface area contributed by atoms with E-state index < -0.39 is 0 Å². The number of hydrogen-bond donors (Lipinski definition) is 0. The fraction of sp³-hybridized carbons (Fsp3) is 0.263. The molecule has 0 radical (unpaired) electrons. The zero-order valence-electron chi connectivity index (χ0n) is 14.9. The number of benzene rings is 2. The molecule has 132 valence electrons. The predicted molar refractivity (Wildman–Crippen MR) is 103 cm³/mol. The van der Waals surface area contributed by atoms with E-state index in [9.17, 15) is 0 Å². The summed E-state index contributed by atoms with van der Waals surface area (Å²) >= 11 is 0. The van der Waals surface area contributed by atoms with Gasteiger partial charge in [0.15, 0.2) is 11.6 Å². The highest BCUT2D eigenvalue weighted by Crippen LogP contribution is 2.24. The maximum atomic E-state index is 5.20. The van der Waals surface area contributed by atoms with E-state index in [1.54, 1.807) is 7.11 Å². The second kappa shape index (κ2) is 8.14. The molecule has 1 heterocycles. The zero-order valence-corrected chi connectivity index (χ0v) is 15.7. The van der Waals surface area contributed by atoms with E-state index in [-0.39, 0.29) is 12.4 Å². The summed E-state index contributed by atoms with van der Waals surface area (Å²) in [6, 6.07) is 16.2. The fourth-order valence-electron chi connectivity index (χ4n) is 2.67. The van der Waals surface area contributed by atoms with Gasteiger partial charge in [0.25, 0.3) is 0 Å². The number of rotatable bonds is 5. The lowest BCUT2D eigenvalue weighted by atomic mass is 10.1. The molecule has 0 fully saturated rings. The molecule has 25 heavy (non-hydrogen) atoms. The first-order valence-corrected chi connectivity index (χ1v) is 7.86. The van der Waals surface area contributed by atoms with Crippen molar-refractivity contribution < 1.29 is 4.74 Å². The van der Waals surface area contributed by atoms with Crippen molar-refractivity contribution in [3.63, 3.8) is 0 Å². The molecule has 0 N–H and O–H groups in total. The molecule has 0 spiro atoms. The maximum Gasteiger partial charge on any atom is 0.181 e. The van der Waals surface area contributed by atoms with Gasteiger partial charge < -0.3 is 9.64 Å². The topological polar surface area (TPSA) is 43.2 Å². The summed E-state index contributed by atoms with van der Waals surface area (Å²) < 4.78 is 7.03. The Bertz CT molecular complexity index is 828. The standard InChI is InChI=1S/C19H22N4O.ClH/c1-22(2)13-14-6-5-7-16(12-14)19-20-18(21-23(19)3)15-8-10-17(24-4)11-9-15;/h5-12H,13H2,1-4H3;1H. The molecule has 0 aliphatic carbocycles. The number of ether oxygens (including phenoxy) is 1. The predicted octanol–water partition coefficient (Wildman–Crippen LogP) is 3.64. The fourth-order valence-corrected chi connectivity index (χ4v) is 2.67. The number of aromatic nitrogens is 3. The molecule has 0 atom stereocenters. The van der Waals surface area contributed by atoms with Gasteiger partial charge in [-0.25, -0.2) is 9.67 Å². The highest BCUT2D eigenvalue weighted by molar-refractivity contribution is 5.85. The second-order valence-corrected chi connectivity index (χ2v) is 6.05. The third-order valence-electron chi connectivity index (χ3n) is 3.80. The summed E-state index contributed by atoms with van der Waals surface area (Å²) in [6.07, 6.45) is 0. The molecule has 6 heteroatoms. The molecule has 0 aliphatic heterocycles. The molecule has 0 saturated carbocycles. The van der Waals surface area contributed by atoms with E-state index >= 15 is 0 Å². The summed E-state index contributed by atoms with van der Waals surface area (Å²) in [7, 11) is 7.72. The van der Waals surface area contributed by atoms with Crippen molar-refractivity contribution in [1.29, 1.82) is 0 Å². The summed E-state index contributed by atoms with van der Waals surface area (Å²) in [5.41, 5.74) is 3.30. The van der Waals surface area contributed by atoms with Crippen LogP contribution in [0.5, 0.6) is 5.75 Å². The van der Waals surface area contributed by atoms with Gasteiger partial charge in [-0.05, 0) is 50.0 Å². The Balaban J connectivity index is 0.00000225. The molecule has 5 nitrogen and oxygen atoms in total. The number of nitrogens with zero attached hydrogens (tertiary/aromatic N) is 4. The number of halogens is 1. The molecule has 1 aromatic heterocycles. The highest BCUT2D eigenvalue weighted by Gasteiger charge is 2.12. The van der Waals surface area contributed by atoms with E-state index in [0.717, 1.165) is 29.2 Å². The van der Waals surface area contributed by atoms with E-state index in [2.05, 4.69) is 48.4 Å². The Morgan fingerprint density at radius 2 is 1.76 bits per heavy atom. The minimum atomic E-state index is 0. The average molecular weight is 359 g/mol. The smallest absolute Gasteiger partial charge is 0.181 e. The third kappa shape index (κ3) is 4.38. The molecule has 0 bridgehead atoms. The number of hydrogen-bond acceptors (Lipinski definition) is 4. The van der Waals surface area contributed by atoms with Crippen LogP contribution in [0, 0.1) is 0 Å². The molecular weight excluding hydrogens is 336 g/mol. The van der Waals surface area contributed by atoms with Gasteiger partial charge in [0.1, 0.15) is 5.75 Å². The maximum absolute atomic E-state index is 5.20. The van der Waals surface area contributed by atoms with E-state index in [1.807, 2.05) is 36.0 Å². The van der Waals surface area contributed by atoms with Gasteiger partial charge in [-0.2, -0.15) is 5.10 Å². The second-order valence-electron chi connectivity index (χ2n) is 6.05.